The Morgan fingerprint density at radius 1 is 0.960 bits per heavy atom. The summed E-state index contributed by atoms with van der Waals surface area (Å²) in [6.45, 7) is 2.66. The van der Waals surface area contributed by atoms with Crippen molar-refractivity contribution in [2.45, 2.75) is 44.2 Å². The molecule has 25 heavy (non-hydrogen) atoms. The summed E-state index contributed by atoms with van der Waals surface area (Å²) in [6.07, 6.45) is 5.11. The maximum Gasteiger partial charge on any atom is 0.127 e. The molecule has 4 rings (SSSR count). The molecule has 0 amide bonds. The summed E-state index contributed by atoms with van der Waals surface area (Å²) in [7, 11) is 0. The first-order valence-corrected chi connectivity index (χ1v) is 9.48. The Kier molecular flexibility index (Phi) is 4.87. The molecular formula is C22H27FN2. The Balaban J connectivity index is 1.24. The van der Waals surface area contributed by atoms with E-state index in [9.17, 15) is 4.39 Å². The lowest BCUT2D eigenvalue weighted by atomic mass is 9.68. The Morgan fingerprint density at radius 2 is 1.72 bits per heavy atom. The minimum atomic E-state index is -0.112. The minimum absolute atomic E-state index is 0.112. The van der Waals surface area contributed by atoms with Crippen LogP contribution >= 0.6 is 0 Å². The highest BCUT2D eigenvalue weighted by atomic mass is 19.1. The van der Waals surface area contributed by atoms with Crippen LogP contribution in [0.15, 0.2) is 54.6 Å². The standard InChI is InChI=1S/C22H27FN2/c23-20-10-5-4-9-18(20)14-24-15-22(11-6-12-22)16-25-21-13-19(21)17-7-2-1-3-8-17/h1-5,7-10,19,21,24-25H,6,11-16H2/t19?,21-/m0/s1. The summed E-state index contributed by atoms with van der Waals surface area (Å²) in [6, 6.07) is 18.5. The lowest BCUT2D eigenvalue weighted by Crippen LogP contribution is -2.47. The van der Waals surface area contributed by atoms with E-state index in [1.165, 1.54) is 37.3 Å². The van der Waals surface area contributed by atoms with Gasteiger partial charge in [0, 0.05) is 37.2 Å². The molecule has 2 nitrogen and oxygen atoms in total. The SMILES string of the molecule is Fc1ccccc1CNCC1(CN[C@H]2CC2c2ccccc2)CCC1. The molecule has 0 saturated heterocycles. The minimum Gasteiger partial charge on any atom is -0.313 e. The third-order valence-corrected chi connectivity index (χ3v) is 5.94. The van der Waals surface area contributed by atoms with E-state index in [-0.39, 0.29) is 5.82 Å². The molecule has 132 valence electrons. The molecule has 1 unspecified atom stereocenters. The zero-order valence-electron chi connectivity index (χ0n) is 14.7. The largest absolute Gasteiger partial charge is 0.313 e. The van der Waals surface area contributed by atoms with Crippen LogP contribution in [-0.2, 0) is 6.54 Å². The fourth-order valence-electron chi connectivity index (χ4n) is 4.03. The Bertz CT molecular complexity index is 696. The van der Waals surface area contributed by atoms with E-state index in [1.807, 2.05) is 12.1 Å². The van der Waals surface area contributed by atoms with Gasteiger partial charge >= 0.3 is 0 Å². The predicted molar refractivity (Wildman–Crippen MR) is 100.0 cm³/mol. The van der Waals surface area contributed by atoms with Crippen LogP contribution in [0.2, 0.25) is 0 Å². The molecular weight excluding hydrogens is 311 g/mol. The van der Waals surface area contributed by atoms with Gasteiger partial charge in [-0.3, -0.25) is 0 Å². The second-order valence-electron chi connectivity index (χ2n) is 7.79. The molecule has 0 heterocycles. The summed E-state index contributed by atoms with van der Waals surface area (Å²) in [4.78, 5) is 0. The number of nitrogens with one attached hydrogen (secondary N) is 2. The van der Waals surface area contributed by atoms with Gasteiger partial charge in [0.2, 0.25) is 0 Å². The molecule has 2 fully saturated rings. The van der Waals surface area contributed by atoms with E-state index in [0.717, 1.165) is 18.7 Å². The second kappa shape index (κ2) is 7.27. The molecule has 0 spiro atoms. The van der Waals surface area contributed by atoms with E-state index in [0.29, 0.717) is 23.9 Å². The van der Waals surface area contributed by atoms with Gasteiger partial charge in [-0.1, -0.05) is 55.0 Å². The average molecular weight is 338 g/mol. The summed E-state index contributed by atoms with van der Waals surface area (Å²) >= 11 is 0. The monoisotopic (exact) mass is 338 g/mol. The number of hydrogen-bond donors (Lipinski definition) is 2. The van der Waals surface area contributed by atoms with E-state index >= 15 is 0 Å². The fraction of sp³-hybridized carbons (Fsp3) is 0.455. The first-order valence-electron chi connectivity index (χ1n) is 9.48. The van der Waals surface area contributed by atoms with Gasteiger partial charge in [0.25, 0.3) is 0 Å². The third kappa shape index (κ3) is 3.94. The van der Waals surface area contributed by atoms with Gasteiger partial charge in [0.1, 0.15) is 5.82 Å². The van der Waals surface area contributed by atoms with Gasteiger partial charge in [-0.25, -0.2) is 4.39 Å². The van der Waals surface area contributed by atoms with Gasteiger partial charge in [-0.15, -0.1) is 0 Å². The van der Waals surface area contributed by atoms with Gasteiger partial charge in [-0.2, -0.15) is 0 Å². The molecule has 0 aromatic heterocycles. The lowest BCUT2D eigenvalue weighted by Gasteiger charge is -2.42. The summed E-state index contributed by atoms with van der Waals surface area (Å²) in [5.41, 5.74) is 2.58. The molecule has 2 N–H and O–H groups in total. The number of halogens is 1. The zero-order valence-corrected chi connectivity index (χ0v) is 14.7. The van der Waals surface area contributed by atoms with Crippen molar-refractivity contribution in [2.75, 3.05) is 13.1 Å². The smallest absolute Gasteiger partial charge is 0.127 e. The topological polar surface area (TPSA) is 24.1 Å². The van der Waals surface area contributed by atoms with Crippen LogP contribution < -0.4 is 10.6 Å². The first-order chi connectivity index (χ1) is 12.3. The average Bonchev–Trinajstić information content (AvgIpc) is 3.38. The molecule has 0 bridgehead atoms. The van der Waals surface area contributed by atoms with Crippen molar-refractivity contribution in [1.29, 1.82) is 0 Å². The molecule has 2 atom stereocenters. The van der Waals surface area contributed by atoms with Gasteiger partial charge in [-0.05, 0) is 36.3 Å². The normalized spacial score (nSPS) is 23.9. The van der Waals surface area contributed by atoms with Gasteiger partial charge < -0.3 is 10.6 Å². The second-order valence-corrected chi connectivity index (χ2v) is 7.79. The van der Waals surface area contributed by atoms with Crippen molar-refractivity contribution in [3.05, 3.63) is 71.5 Å². The van der Waals surface area contributed by atoms with E-state index in [4.69, 9.17) is 0 Å². The maximum absolute atomic E-state index is 13.7. The van der Waals surface area contributed by atoms with Gasteiger partial charge in [0.05, 0.1) is 0 Å². The predicted octanol–water partition coefficient (Wildman–Crippen LogP) is 4.23. The molecule has 0 aliphatic heterocycles. The number of benzene rings is 2. The van der Waals surface area contributed by atoms with Gasteiger partial charge in [0.15, 0.2) is 0 Å². The van der Waals surface area contributed by atoms with Crippen molar-refractivity contribution in [3.8, 4) is 0 Å². The molecule has 0 radical (unpaired) electrons. The summed E-state index contributed by atoms with van der Waals surface area (Å²) in [5, 5.41) is 7.29. The maximum atomic E-state index is 13.7. The summed E-state index contributed by atoms with van der Waals surface area (Å²) < 4.78 is 13.7. The van der Waals surface area contributed by atoms with E-state index in [1.54, 1.807) is 6.07 Å². The highest BCUT2D eigenvalue weighted by Crippen LogP contribution is 2.44. The highest BCUT2D eigenvalue weighted by molar-refractivity contribution is 5.27. The third-order valence-electron chi connectivity index (χ3n) is 5.94. The van der Waals surface area contributed by atoms with Crippen molar-refractivity contribution in [2.24, 2.45) is 5.41 Å². The molecule has 2 aromatic carbocycles. The fourth-order valence-corrected chi connectivity index (χ4v) is 4.03. The van der Waals surface area contributed by atoms with Crippen LogP contribution in [0.25, 0.3) is 0 Å². The number of hydrogen-bond acceptors (Lipinski definition) is 2. The first kappa shape index (κ1) is 16.7. The van der Waals surface area contributed by atoms with Crippen molar-refractivity contribution in [1.82, 2.24) is 10.6 Å². The molecule has 2 aliphatic carbocycles. The van der Waals surface area contributed by atoms with Crippen LogP contribution in [0.1, 0.15) is 42.7 Å². The number of rotatable bonds is 8. The van der Waals surface area contributed by atoms with Crippen LogP contribution in [0.3, 0.4) is 0 Å². The van der Waals surface area contributed by atoms with Crippen molar-refractivity contribution < 1.29 is 4.39 Å². The highest BCUT2D eigenvalue weighted by Gasteiger charge is 2.42. The molecule has 2 aromatic rings. The van der Waals surface area contributed by atoms with E-state index in [2.05, 4.69) is 41.0 Å². The quantitative estimate of drug-likeness (QED) is 0.753. The van der Waals surface area contributed by atoms with Crippen LogP contribution in [0.5, 0.6) is 0 Å². The molecule has 2 saturated carbocycles. The Hall–Kier alpha value is -1.71. The Morgan fingerprint density at radius 3 is 2.44 bits per heavy atom. The van der Waals surface area contributed by atoms with E-state index < -0.39 is 0 Å². The van der Waals surface area contributed by atoms with Crippen LogP contribution in [0, 0.1) is 11.2 Å². The molecule has 3 heteroatoms. The van der Waals surface area contributed by atoms with Crippen LogP contribution in [0.4, 0.5) is 4.39 Å². The lowest BCUT2D eigenvalue weighted by molar-refractivity contribution is 0.126. The van der Waals surface area contributed by atoms with Crippen molar-refractivity contribution in [3.63, 3.8) is 0 Å². The summed E-state index contributed by atoms with van der Waals surface area (Å²) in [5.74, 6) is 0.573. The van der Waals surface area contributed by atoms with Crippen LogP contribution in [-0.4, -0.2) is 19.1 Å². The zero-order chi connectivity index (χ0) is 17.1. The molecule has 2 aliphatic rings. The van der Waals surface area contributed by atoms with Crippen molar-refractivity contribution >= 4 is 0 Å². The Labute approximate surface area is 149 Å².